The Morgan fingerprint density at radius 3 is 1.41 bits per heavy atom. The smallest absolute Gasteiger partial charge is 0.315 e. The molecule has 0 fully saturated rings. The lowest BCUT2D eigenvalue weighted by molar-refractivity contribution is -0.136. The van der Waals surface area contributed by atoms with Gasteiger partial charge in [-0.15, -0.1) is 12.8 Å². The van der Waals surface area contributed by atoms with Crippen molar-refractivity contribution in [1.29, 1.82) is 10.5 Å². The van der Waals surface area contributed by atoms with Crippen molar-refractivity contribution < 1.29 is 33.8 Å². The van der Waals surface area contributed by atoms with E-state index < -0.39 is 29.6 Å². The molecule has 2 amide bonds. The Balaban J connectivity index is -0.0000000865. The third-order valence-electron chi connectivity index (χ3n) is 7.47. The van der Waals surface area contributed by atoms with E-state index >= 15 is 0 Å². The molecule has 0 spiro atoms. The van der Waals surface area contributed by atoms with Crippen molar-refractivity contribution in [3.8, 4) is 36.8 Å². The topological polar surface area (TPSA) is 308 Å². The number of primary amides is 2. The van der Waals surface area contributed by atoms with E-state index in [-0.39, 0.29) is 44.7 Å². The van der Waals surface area contributed by atoms with Gasteiger partial charge in [0.1, 0.15) is 13.0 Å². The maximum atomic E-state index is 10.3. The molecule has 8 N–H and O–H groups in total. The molecule has 2 rings (SSSR count). The number of nitrogens with two attached hydrogens (primary N) is 3. The monoisotopic (exact) mass is 1280 g/mol. The summed E-state index contributed by atoms with van der Waals surface area (Å²) in [4.78, 5) is 88.0. The van der Waals surface area contributed by atoms with Crippen molar-refractivity contribution in [2.45, 2.75) is 93.5 Å². The van der Waals surface area contributed by atoms with Gasteiger partial charge < -0.3 is 56.1 Å². The molecule has 0 aliphatic carbocycles. The highest BCUT2D eigenvalue weighted by Gasteiger charge is 2.07. The highest BCUT2D eigenvalue weighted by Crippen LogP contribution is 2.26. The minimum atomic E-state index is -0.947. The Hall–Kier alpha value is -11.6. The number of rotatable bonds is 20. The van der Waals surface area contributed by atoms with Gasteiger partial charge in [-0.3, -0.25) is 53.5 Å². The number of amides is 2. The molecule has 26 nitrogen and oxygen atoms in total. The largest absolute Gasteiger partial charge is 0.481 e. The summed E-state index contributed by atoms with van der Waals surface area (Å²) in [5, 5.41) is 26.7. The summed E-state index contributed by atoms with van der Waals surface area (Å²) in [5.41, 5.74) is 16.9. The van der Waals surface area contributed by atoms with E-state index in [0.717, 1.165) is 31.9 Å². The first kappa shape index (κ1) is 105. The number of carboxylic acids is 1. The standard InChI is InChI=1S/C8H4N2.C8H7N.C6H9N3.C6H11NO.C6H11NS.C5H6N2O2.C4H6N2O.C4H4N2.C4H8N2.C4H5NO.C4H4O2.2C3H5N/c1-9-7-5-3-4-6-8(7)10-2;1-7-3-5-8(9-2)6-4-7;1-3-9(5-4-7)6-8-2;2*1-3-5-8-6-4-7-2;1-7-3-4(8)2-5(6)9;1-6-3-4(7)2-5;1-4(3-5)6-2;1-3-6-4-5-2;2*1-2-3-4(5)6;2*1-3-4-2/h3-6H;3-6H,1H3;3,5-6H2,1H3;2*3-6H2,1H3;2-3H2,(H2,6,9);2-3,5H2;4H,1H3;6H,3-4H2,1H3;1H,3H2,(H2,5,6);1H,3H2,(H,5,6);2*3H2,1H3. The number of nitrogens with zero attached hydrogens (tertiary/aromatic N) is 15. The van der Waals surface area contributed by atoms with Gasteiger partial charge >= 0.3 is 12.0 Å². The highest BCUT2D eigenvalue weighted by atomic mass is 32.2. The molecule has 1 atom stereocenters. The molecule has 92 heavy (non-hydrogen) atoms. The first-order valence-electron chi connectivity index (χ1n) is 27.0. The number of nitrogens with one attached hydrogen (secondary N) is 1. The number of hydrogen-bond acceptors (Lipinski definition) is 12. The predicted octanol–water partition coefficient (Wildman–Crippen LogP) is 10.9. The average Bonchev–Trinajstić information content (AvgIpc) is 1.72. The number of Topliss-reactive ketones (excluding diaryl/α,β-unsaturated/α-hetero) is 2. The molecule has 1 unspecified atom stereocenters. The fourth-order valence-corrected chi connectivity index (χ4v) is 4.04. The van der Waals surface area contributed by atoms with E-state index in [1.54, 1.807) is 42.2 Å². The van der Waals surface area contributed by atoms with E-state index in [1.807, 2.05) is 82.6 Å². The molecule has 0 aromatic heterocycles. The minimum Gasteiger partial charge on any atom is -0.481 e. The molecule has 488 valence electrons. The molecule has 0 radical (unpaired) electrons. The molecule has 0 saturated heterocycles. The number of ether oxygens (including phenoxy) is 1. The number of nitriles is 2. The summed E-state index contributed by atoms with van der Waals surface area (Å²) < 4.78 is 5.01. The number of aryl methyl sites for hydroxylation is 1. The Morgan fingerprint density at radius 1 is 0.663 bits per heavy atom. The van der Waals surface area contributed by atoms with Gasteiger partial charge in [-0.1, -0.05) is 93.6 Å². The summed E-state index contributed by atoms with van der Waals surface area (Å²) in [6.07, 6.45) is 11.1. The molecule has 27 heteroatoms. The van der Waals surface area contributed by atoms with Crippen molar-refractivity contribution in [1.82, 2.24) is 10.2 Å². The van der Waals surface area contributed by atoms with Crippen LogP contribution in [0.5, 0.6) is 0 Å². The lowest BCUT2D eigenvalue weighted by Crippen LogP contribution is -2.22. The summed E-state index contributed by atoms with van der Waals surface area (Å²) in [5.74, 6) is 3.59. The van der Waals surface area contributed by atoms with Gasteiger partial charge in [-0.25, -0.2) is 68.9 Å². The van der Waals surface area contributed by atoms with Crippen LogP contribution in [-0.4, -0.2) is 149 Å². The number of carbonyl (C=O) groups excluding carboxylic acids is 4. The van der Waals surface area contributed by atoms with Gasteiger partial charge in [0, 0.05) is 33.9 Å². The Kier molecular flexibility index (Phi) is 116. The SMILES string of the molecule is C#CCC(=O)O.C#CCC(N)=O.[C-]#[N+]C(C)C#N.[C-]#[N+]CC.[C-]#[N+]CC.[C-]#[N+]CC(=O)CC(N)=O.[C-]#[N+]CC(=O)CN.[C-]#[N+]CCOCCC.[C-]#[N+]CCSCCC.[C-]#[N+]CN(CC)CC#N.[C-]#[N+]CNCC.[C-]#[N+]c1ccc(C)cc1.[C-]#[N+]c1ccccc1[N+]#[C-]. The van der Waals surface area contributed by atoms with E-state index in [9.17, 15) is 24.0 Å². The molecular weight excluding hydrogens is 1190 g/mol. The molecule has 0 saturated carbocycles. The van der Waals surface area contributed by atoms with Crippen molar-refractivity contribution in [3.63, 3.8) is 0 Å². The van der Waals surface area contributed by atoms with E-state index in [2.05, 4.69) is 108 Å². The normalized spacial score (nSPS) is 7.80. The number of hydrogen-bond donors (Lipinski definition) is 5. The predicted molar refractivity (Wildman–Crippen MR) is 363 cm³/mol. The van der Waals surface area contributed by atoms with Gasteiger partial charge in [0.15, 0.2) is 23.1 Å². The van der Waals surface area contributed by atoms with Crippen LogP contribution in [0, 0.1) is 133 Å². The van der Waals surface area contributed by atoms with Crippen molar-refractivity contribution in [2.24, 2.45) is 17.2 Å². The summed E-state index contributed by atoms with van der Waals surface area (Å²) in [7, 11) is 0. The Bertz CT molecular complexity index is 2810. The van der Waals surface area contributed by atoms with Crippen LogP contribution in [0.4, 0.5) is 17.1 Å². The van der Waals surface area contributed by atoms with Gasteiger partial charge in [0.25, 0.3) is 26.4 Å². The number of ketones is 2. The van der Waals surface area contributed by atoms with Crippen LogP contribution >= 0.6 is 11.8 Å². The van der Waals surface area contributed by atoms with Crippen molar-refractivity contribution >= 4 is 58.2 Å². The molecule has 2 aromatic carbocycles. The van der Waals surface area contributed by atoms with Crippen LogP contribution < -0.4 is 22.5 Å². The Morgan fingerprint density at radius 2 is 1.16 bits per heavy atom. The lowest BCUT2D eigenvalue weighted by atomic mass is 10.2. The fraction of sp³-hybridized carbons (Fsp3) is 0.462. The summed E-state index contributed by atoms with van der Waals surface area (Å²) in [6.45, 7) is 98.0. The number of benzene rings is 2. The third-order valence-corrected chi connectivity index (χ3v) is 8.63. The molecule has 2 aromatic rings. The van der Waals surface area contributed by atoms with Crippen LogP contribution in [0.15, 0.2) is 48.5 Å². The van der Waals surface area contributed by atoms with Crippen molar-refractivity contribution in [2.75, 3.05) is 104 Å². The number of carbonyl (C=O) groups is 5. The second-order valence-corrected chi connectivity index (χ2v) is 16.5. The zero-order chi connectivity index (χ0) is 73.3. The van der Waals surface area contributed by atoms with Crippen LogP contribution in [0.25, 0.3) is 58.1 Å². The Labute approximate surface area is 552 Å². The summed E-state index contributed by atoms with van der Waals surface area (Å²) in [6, 6.07) is 17.6. The summed E-state index contributed by atoms with van der Waals surface area (Å²) >= 11 is 1.86. The fourth-order valence-electron chi connectivity index (χ4n) is 3.32. The number of carboxylic acid groups (broad SMARTS) is 1. The maximum Gasteiger partial charge on any atom is 0.315 e. The van der Waals surface area contributed by atoms with E-state index in [4.69, 9.17) is 105 Å². The third kappa shape index (κ3) is 129. The van der Waals surface area contributed by atoms with Crippen LogP contribution in [0.1, 0.15) is 86.1 Å². The number of aliphatic carboxylic acids is 1. The second kappa shape index (κ2) is 101. The zero-order valence-electron chi connectivity index (χ0n) is 53.9. The zero-order valence-corrected chi connectivity index (χ0v) is 54.8. The second-order valence-electron chi connectivity index (χ2n) is 15.2. The van der Waals surface area contributed by atoms with Crippen LogP contribution in [0.3, 0.4) is 0 Å². The number of terminal acetylenes is 2. The van der Waals surface area contributed by atoms with E-state index in [1.165, 1.54) is 17.7 Å². The van der Waals surface area contributed by atoms with Gasteiger partial charge in [0.2, 0.25) is 49.6 Å². The highest BCUT2D eigenvalue weighted by molar-refractivity contribution is 7.99. The minimum absolute atomic E-state index is 0.0115. The lowest BCUT2D eigenvalue weighted by Gasteiger charge is -2.06. The van der Waals surface area contributed by atoms with Crippen LogP contribution in [-0.2, 0) is 28.7 Å². The van der Waals surface area contributed by atoms with E-state index in [0.29, 0.717) is 69.7 Å². The number of para-hydroxylation sites is 2. The molecule has 0 bridgehead atoms. The molecule has 0 aliphatic heterocycles. The molecular formula is C65H85N19O7S. The van der Waals surface area contributed by atoms with Gasteiger partial charge in [-0.2, -0.15) is 22.3 Å². The van der Waals surface area contributed by atoms with Gasteiger partial charge in [0.05, 0.1) is 57.5 Å². The number of thioether (sulfide) groups is 1. The van der Waals surface area contributed by atoms with Gasteiger partial charge in [-0.05, 0) is 32.1 Å². The first-order chi connectivity index (χ1) is 43.9. The molecule has 0 heterocycles. The van der Waals surface area contributed by atoms with Crippen molar-refractivity contribution in [3.05, 3.63) is 191 Å². The average molecular weight is 1280 g/mol. The van der Waals surface area contributed by atoms with Crippen LogP contribution in [0.2, 0.25) is 0 Å². The maximum absolute atomic E-state index is 10.3. The quantitative estimate of drug-likeness (QED) is 0.0271. The first-order valence-corrected chi connectivity index (χ1v) is 28.2. The molecule has 0 aliphatic rings.